The molecule has 0 saturated heterocycles. The van der Waals surface area contributed by atoms with Crippen LogP contribution in [0.15, 0.2) is 34.9 Å². The number of nitrogens with zero attached hydrogens (tertiary/aromatic N) is 3. The third-order valence-electron chi connectivity index (χ3n) is 2.77. The van der Waals surface area contributed by atoms with Gasteiger partial charge in [0.1, 0.15) is 0 Å². The highest BCUT2D eigenvalue weighted by molar-refractivity contribution is 8.00. The SMILES string of the molecule is CSc1nc2ccc(NC(=O)c3cnn(C)c3)cc2s1. The van der Waals surface area contributed by atoms with Gasteiger partial charge in [-0.25, -0.2) is 4.98 Å². The molecule has 5 nitrogen and oxygen atoms in total. The van der Waals surface area contributed by atoms with Gasteiger partial charge in [-0.05, 0) is 24.5 Å². The van der Waals surface area contributed by atoms with Crippen LogP contribution in [0, 0.1) is 0 Å². The number of thiazole rings is 1. The Morgan fingerprint density at radius 1 is 1.45 bits per heavy atom. The van der Waals surface area contributed by atoms with Gasteiger partial charge < -0.3 is 5.32 Å². The molecule has 0 spiro atoms. The zero-order valence-electron chi connectivity index (χ0n) is 11.0. The first-order valence-corrected chi connectivity index (χ1v) is 7.94. The van der Waals surface area contributed by atoms with Gasteiger partial charge in [0, 0.05) is 18.9 Å². The van der Waals surface area contributed by atoms with Crippen molar-refractivity contribution in [3.05, 3.63) is 36.2 Å². The Labute approximate surface area is 124 Å². The van der Waals surface area contributed by atoms with Crippen molar-refractivity contribution < 1.29 is 4.79 Å². The molecule has 0 aliphatic carbocycles. The molecule has 0 aliphatic heterocycles. The van der Waals surface area contributed by atoms with Gasteiger partial charge in [0.15, 0.2) is 4.34 Å². The average Bonchev–Trinajstić information content (AvgIpc) is 3.03. The molecule has 20 heavy (non-hydrogen) atoms. The molecule has 102 valence electrons. The highest BCUT2D eigenvalue weighted by atomic mass is 32.2. The fourth-order valence-electron chi connectivity index (χ4n) is 1.81. The van der Waals surface area contributed by atoms with Gasteiger partial charge in [-0.1, -0.05) is 11.8 Å². The lowest BCUT2D eigenvalue weighted by Crippen LogP contribution is -2.10. The highest BCUT2D eigenvalue weighted by Gasteiger charge is 2.09. The van der Waals surface area contributed by atoms with Crippen molar-refractivity contribution >= 4 is 44.9 Å². The highest BCUT2D eigenvalue weighted by Crippen LogP contribution is 2.30. The Morgan fingerprint density at radius 3 is 3.00 bits per heavy atom. The van der Waals surface area contributed by atoms with Crippen LogP contribution in [0.2, 0.25) is 0 Å². The fraction of sp³-hybridized carbons (Fsp3) is 0.154. The van der Waals surface area contributed by atoms with Crippen LogP contribution in [-0.4, -0.2) is 26.9 Å². The molecule has 0 saturated carbocycles. The second-order valence-corrected chi connectivity index (χ2v) is 6.31. The van der Waals surface area contributed by atoms with Crippen molar-refractivity contribution in [2.45, 2.75) is 4.34 Å². The molecule has 7 heteroatoms. The zero-order valence-corrected chi connectivity index (χ0v) is 12.6. The van der Waals surface area contributed by atoms with Crippen molar-refractivity contribution in [1.29, 1.82) is 0 Å². The first-order chi connectivity index (χ1) is 9.65. The lowest BCUT2D eigenvalue weighted by atomic mass is 10.2. The van der Waals surface area contributed by atoms with E-state index in [0.717, 1.165) is 20.2 Å². The number of rotatable bonds is 3. The first-order valence-electron chi connectivity index (χ1n) is 5.90. The molecule has 2 heterocycles. The van der Waals surface area contributed by atoms with Gasteiger partial charge in [-0.15, -0.1) is 11.3 Å². The molecule has 2 aromatic heterocycles. The van der Waals surface area contributed by atoms with E-state index in [2.05, 4.69) is 15.4 Å². The summed E-state index contributed by atoms with van der Waals surface area (Å²) in [4.78, 5) is 16.5. The number of carbonyl (C=O) groups is 1. The van der Waals surface area contributed by atoms with E-state index in [1.165, 1.54) is 0 Å². The first kappa shape index (κ1) is 13.1. The minimum absolute atomic E-state index is 0.160. The number of nitrogens with one attached hydrogen (secondary N) is 1. The van der Waals surface area contributed by atoms with Crippen LogP contribution in [0.1, 0.15) is 10.4 Å². The van der Waals surface area contributed by atoms with Crippen LogP contribution in [-0.2, 0) is 7.05 Å². The van der Waals surface area contributed by atoms with E-state index in [9.17, 15) is 4.79 Å². The second-order valence-electron chi connectivity index (χ2n) is 4.22. The molecule has 3 rings (SSSR count). The van der Waals surface area contributed by atoms with Gasteiger partial charge in [-0.3, -0.25) is 9.48 Å². The Kier molecular flexibility index (Phi) is 3.45. The second kappa shape index (κ2) is 5.26. The lowest BCUT2D eigenvalue weighted by Gasteiger charge is -2.02. The molecule has 0 unspecified atom stereocenters. The lowest BCUT2D eigenvalue weighted by molar-refractivity contribution is 0.102. The predicted octanol–water partition coefficient (Wildman–Crippen LogP) is 3.00. The number of anilines is 1. The van der Waals surface area contributed by atoms with Crippen molar-refractivity contribution in [1.82, 2.24) is 14.8 Å². The normalized spacial score (nSPS) is 10.9. The average molecular weight is 304 g/mol. The molecule has 0 bridgehead atoms. The third kappa shape index (κ3) is 2.54. The molecule has 1 amide bonds. The van der Waals surface area contributed by atoms with Gasteiger partial charge in [-0.2, -0.15) is 5.10 Å². The number of aryl methyl sites for hydroxylation is 1. The number of benzene rings is 1. The maximum atomic E-state index is 12.0. The fourth-order valence-corrected chi connectivity index (χ4v) is 3.34. The summed E-state index contributed by atoms with van der Waals surface area (Å²) in [6, 6.07) is 5.73. The Morgan fingerprint density at radius 2 is 2.30 bits per heavy atom. The number of thioether (sulfide) groups is 1. The van der Waals surface area contributed by atoms with E-state index < -0.39 is 0 Å². The van der Waals surface area contributed by atoms with Crippen molar-refractivity contribution in [3.8, 4) is 0 Å². The number of hydrogen-bond acceptors (Lipinski definition) is 5. The van der Waals surface area contributed by atoms with Crippen LogP contribution < -0.4 is 5.32 Å². The molecule has 0 fully saturated rings. The van der Waals surface area contributed by atoms with Gasteiger partial charge >= 0.3 is 0 Å². The largest absolute Gasteiger partial charge is 0.322 e. The van der Waals surface area contributed by atoms with E-state index in [4.69, 9.17) is 0 Å². The number of fused-ring (bicyclic) bond motifs is 1. The summed E-state index contributed by atoms with van der Waals surface area (Å²) in [6.07, 6.45) is 5.24. The summed E-state index contributed by atoms with van der Waals surface area (Å²) in [5.74, 6) is -0.160. The number of amides is 1. The molecule has 0 radical (unpaired) electrons. The van der Waals surface area contributed by atoms with Crippen molar-refractivity contribution in [2.24, 2.45) is 7.05 Å². The van der Waals surface area contributed by atoms with Gasteiger partial charge in [0.25, 0.3) is 5.91 Å². The molecule has 0 atom stereocenters. The number of hydrogen-bond donors (Lipinski definition) is 1. The van der Waals surface area contributed by atoms with Gasteiger partial charge in [0.2, 0.25) is 0 Å². The Bertz CT molecular complexity index is 778. The van der Waals surface area contributed by atoms with E-state index in [-0.39, 0.29) is 5.91 Å². The van der Waals surface area contributed by atoms with Crippen LogP contribution in [0.25, 0.3) is 10.2 Å². The predicted molar refractivity (Wildman–Crippen MR) is 82.6 cm³/mol. The van der Waals surface area contributed by atoms with Crippen LogP contribution in [0.3, 0.4) is 0 Å². The van der Waals surface area contributed by atoms with E-state index in [1.807, 2.05) is 24.5 Å². The van der Waals surface area contributed by atoms with E-state index in [0.29, 0.717) is 5.56 Å². The summed E-state index contributed by atoms with van der Waals surface area (Å²) < 4.78 is 3.69. The van der Waals surface area contributed by atoms with Crippen molar-refractivity contribution in [3.63, 3.8) is 0 Å². The number of aromatic nitrogens is 3. The maximum absolute atomic E-state index is 12.0. The Balaban J connectivity index is 1.85. The summed E-state index contributed by atoms with van der Waals surface area (Å²) in [5, 5.41) is 6.86. The molecule has 0 aliphatic rings. The molecule has 1 aromatic carbocycles. The summed E-state index contributed by atoms with van der Waals surface area (Å²) in [5.41, 5.74) is 2.27. The zero-order chi connectivity index (χ0) is 14.1. The topological polar surface area (TPSA) is 59.8 Å². The molecular formula is C13H12N4OS2. The molecule has 1 N–H and O–H groups in total. The van der Waals surface area contributed by atoms with E-state index in [1.54, 1.807) is 47.2 Å². The van der Waals surface area contributed by atoms with Crippen LogP contribution >= 0.6 is 23.1 Å². The van der Waals surface area contributed by atoms with E-state index >= 15 is 0 Å². The van der Waals surface area contributed by atoms with Crippen LogP contribution in [0.5, 0.6) is 0 Å². The molecular weight excluding hydrogens is 292 g/mol. The summed E-state index contributed by atoms with van der Waals surface area (Å²) in [7, 11) is 1.78. The standard InChI is InChI=1S/C13H12N4OS2/c1-17-7-8(6-14-17)12(18)15-9-3-4-10-11(5-9)20-13(16-10)19-2/h3-7H,1-2H3,(H,15,18). The quantitative estimate of drug-likeness (QED) is 0.756. The third-order valence-corrected chi connectivity index (χ3v) is 4.77. The minimum atomic E-state index is -0.160. The van der Waals surface area contributed by atoms with Crippen molar-refractivity contribution in [2.75, 3.05) is 11.6 Å². The number of carbonyl (C=O) groups excluding carboxylic acids is 1. The summed E-state index contributed by atoms with van der Waals surface area (Å²) >= 11 is 3.25. The van der Waals surface area contributed by atoms with Crippen LogP contribution in [0.4, 0.5) is 5.69 Å². The minimum Gasteiger partial charge on any atom is -0.322 e. The maximum Gasteiger partial charge on any atom is 0.258 e. The summed E-state index contributed by atoms with van der Waals surface area (Å²) in [6.45, 7) is 0. The Hall–Kier alpha value is -1.86. The van der Waals surface area contributed by atoms with Gasteiger partial charge in [0.05, 0.1) is 22.0 Å². The monoisotopic (exact) mass is 304 g/mol. The molecule has 3 aromatic rings. The smallest absolute Gasteiger partial charge is 0.258 e.